The monoisotopic (exact) mass is 656 g/mol. The van der Waals surface area contributed by atoms with Crippen LogP contribution in [0.4, 0.5) is 10.7 Å². The summed E-state index contributed by atoms with van der Waals surface area (Å²) < 4.78 is 6.18. The van der Waals surface area contributed by atoms with E-state index in [9.17, 15) is 9.59 Å². The first-order chi connectivity index (χ1) is 21.7. The third kappa shape index (κ3) is 9.64. The number of carboxylic acids is 1. The average Bonchev–Trinajstić information content (AvgIpc) is 3.03. The van der Waals surface area contributed by atoms with Crippen molar-refractivity contribution in [3.8, 4) is 22.9 Å². The molecule has 0 aliphatic carbocycles. The molecule has 0 atom stereocenters. The molecule has 12 nitrogen and oxygen atoms in total. The minimum atomic E-state index is -0.784. The number of piperazine rings is 1. The van der Waals surface area contributed by atoms with Crippen LogP contribution in [-0.4, -0.2) is 101 Å². The number of hydrogen-bond donors (Lipinski definition) is 3. The number of pyridine rings is 1. The molecular formula is C31H38Cl2N8O4. The molecule has 2 amide bonds. The van der Waals surface area contributed by atoms with Crippen LogP contribution in [0.2, 0.25) is 10.0 Å². The van der Waals surface area contributed by atoms with Gasteiger partial charge < -0.3 is 25.4 Å². The van der Waals surface area contributed by atoms with Crippen LogP contribution in [0.25, 0.3) is 11.3 Å². The molecule has 0 saturated carbocycles. The number of carbonyl (C=O) groups is 2. The number of aliphatic carboxylic acids is 1. The van der Waals surface area contributed by atoms with E-state index >= 15 is 0 Å². The molecule has 240 valence electrons. The van der Waals surface area contributed by atoms with Crippen LogP contribution in [0, 0.1) is 5.92 Å². The topological polar surface area (TPSA) is 136 Å². The Kier molecular flexibility index (Phi) is 11.3. The van der Waals surface area contributed by atoms with Gasteiger partial charge >= 0.3 is 12.0 Å². The molecule has 2 aliphatic heterocycles. The summed E-state index contributed by atoms with van der Waals surface area (Å²) >= 11 is 12.6. The standard InChI is InChI=1S/C31H38Cl2N8O4/c1-34-31(44)37-17-21-2-5-40(6-3-21)20-22-12-27(23-14-24(32)16-25(33)15-23)38-28(13-22)45-26-18-35-30(36-19-26)41-10-8-39(9-11-41)7-4-29(42)43/h12-16,18-19,21H,2-11,17,20H2,1H3,(H,42,43)(H2,34,37,44). The SMILES string of the molecule is CNC(=O)NCC1CCN(Cc2cc(Oc3cnc(N4CCN(CCC(=O)O)CC4)nc3)nc(-c3cc(Cl)cc(Cl)c3)c2)CC1. The summed E-state index contributed by atoms with van der Waals surface area (Å²) in [6.45, 7) is 6.71. The molecule has 0 radical (unpaired) electrons. The second-order valence-corrected chi connectivity index (χ2v) is 12.2. The van der Waals surface area contributed by atoms with Crippen LogP contribution in [-0.2, 0) is 11.3 Å². The second kappa shape index (κ2) is 15.5. The second-order valence-electron chi connectivity index (χ2n) is 11.3. The molecule has 0 unspecified atom stereocenters. The van der Waals surface area contributed by atoms with E-state index in [4.69, 9.17) is 38.0 Å². The van der Waals surface area contributed by atoms with Gasteiger partial charge in [-0.25, -0.2) is 19.7 Å². The minimum absolute atomic E-state index is 0.139. The van der Waals surface area contributed by atoms with Crippen molar-refractivity contribution in [3.05, 3.63) is 58.3 Å². The molecule has 0 spiro atoms. The number of halogens is 2. The van der Waals surface area contributed by atoms with Crippen molar-refractivity contribution < 1.29 is 19.4 Å². The number of anilines is 1. The maximum atomic E-state index is 11.6. The van der Waals surface area contributed by atoms with Crippen LogP contribution >= 0.6 is 23.2 Å². The minimum Gasteiger partial charge on any atom is -0.481 e. The van der Waals surface area contributed by atoms with Gasteiger partial charge in [-0.3, -0.25) is 14.6 Å². The first kappa shape index (κ1) is 32.7. The molecule has 3 N–H and O–H groups in total. The molecule has 2 aromatic heterocycles. The highest BCUT2D eigenvalue weighted by atomic mass is 35.5. The number of benzene rings is 1. The third-order valence-corrected chi connectivity index (χ3v) is 8.48. The number of urea groups is 1. The number of aromatic nitrogens is 3. The number of carbonyl (C=O) groups excluding carboxylic acids is 1. The number of hydrogen-bond acceptors (Lipinski definition) is 9. The first-order valence-corrected chi connectivity index (χ1v) is 15.8. The molecular weight excluding hydrogens is 619 g/mol. The number of amides is 2. The van der Waals surface area contributed by atoms with Gasteiger partial charge in [-0.1, -0.05) is 23.2 Å². The summed E-state index contributed by atoms with van der Waals surface area (Å²) in [4.78, 5) is 42.9. The molecule has 0 bridgehead atoms. The maximum absolute atomic E-state index is 11.6. The van der Waals surface area contributed by atoms with Gasteiger partial charge in [-0.2, -0.15) is 0 Å². The smallest absolute Gasteiger partial charge is 0.314 e. The third-order valence-electron chi connectivity index (χ3n) is 8.05. The number of piperidine rings is 1. The lowest BCUT2D eigenvalue weighted by Crippen LogP contribution is -2.47. The highest BCUT2D eigenvalue weighted by Crippen LogP contribution is 2.31. The predicted octanol–water partition coefficient (Wildman–Crippen LogP) is 4.38. The molecule has 4 heterocycles. The van der Waals surface area contributed by atoms with Gasteiger partial charge in [0.1, 0.15) is 0 Å². The summed E-state index contributed by atoms with van der Waals surface area (Å²) in [5.41, 5.74) is 2.51. The van der Waals surface area contributed by atoms with E-state index < -0.39 is 5.97 Å². The molecule has 5 rings (SSSR count). The first-order valence-electron chi connectivity index (χ1n) is 15.1. The van der Waals surface area contributed by atoms with Gasteiger partial charge in [0.05, 0.1) is 24.5 Å². The molecule has 45 heavy (non-hydrogen) atoms. The Morgan fingerprint density at radius 1 is 0.956 bits per heavy atom. The number of ether oxygens (including phenoxy) is 1. The van der Waals surface area contributed by atoms with Gasteiger partial charge in [0, 0.05) is 74.5 Å². The van der Waals surface area contributed by atoms with Gasteiger partial charge in [-0.05, 0) is 61.7 Å². The maximum Gasteiger partial charge on any atom is 0.314 e. The van der Waals surface area contributed by atoms with E-state index in [0.29, 0.717) is 58.9 Å². The van der Waals surface area contributed by atoms with E-state index in [2.05, 4.69) is 35.3 Å². The summed E-state index contributed by atoms with van der Waals surface area (Å²) in [5, 5.41) is 15.5. The van der Waals surface area contributed by atoms with E-state index in [0.717, 1.165) is 63.2 Å². The van der Waals surface area contributed by atoms with E-state index in [1.54, 1.807) is 25.5 Å². The van der Waals surface area contributed by atoms with Crippen molar-refractivity contribution in [2.24, 2.45) is 5.92 Å². The van der Waals surface area contributed by atoms with E-state index in [1.165, 1.54) is 0 Å². The Morgan fingerprint density at radius 2 is 1.64 bits per heavy atom. The number of nitrogens with zero attached hydrogens (tertiary/aromatic N) is 6. The predicted molar refractivity (Wildman–Crippen MR) is 173 cm³/mol. The summed E-state index contributed by atoms with van der Waals surface area (Å²) in [5.74, 6) is 1.14. The number of rotatable bonds is 11. The van der Waals surface area contributed by atoms with Crippen molar-refractivity contribution in [2.45, 2.75) is 25.8 Å². The van der Waals surface area contributed by atoms with E-state index in [-0.39, 0.29) is 12.5 Å². The fourth-order valence-corrected chi connectivity index (χ4v) is 6.08. The van der Waals surface area contributed by atoms with Crippen LogP contribution < -0.4 is 20.3 Å². The highest BCUT2D eigenvalue weighted by molar-refractivity contribution is 6.35. The zero-order valence-electron chi connectivity index (χ0n) is 25.2. The van der Waals surface area contributed by atoms with Crippen molar-refractivity contribution in [1.82, 2.24) is 35.4 Å². The Balaban J connectivity index is 1.26. The lowest BCUT2D eigenvalue weighted by Gasteiger charge is -2.34. The summed E-state index contributed by atoms with van der Waals surface area (Å²) in [6, 6.07) is 9.15. The van der Waals surface area contributed by atoms with Crippen LogP contribution in [0.15, 0.2) is 42.7 Å². The Bertz CT molecular complexity index is 1440. The molecule has 2 saturated heterocycles. The lowest BCUT2D eigenvalue weighted by molar-refractivity contribution is -0.137. The van der Waals surface area contributed by atoms with Gasteiger partial charge in [0.25, 0.3) is 0 Å². The van der Waals surface area contributed by atoms with Crippen LogP contribution in [0.1, 0.15) is 24.8 Å². The van der Waals surface area contributed by atoms with Crippen molar-refractivity contribution in [2.75, 3.05) is 64.3 Å². The van der Waals surface area contributed by atoms with Crippen molar-refractivity contribution in [1.29, 1.82) is 0 Å². The Labute approximate surface area is 272 Å². The van der Waals surface area contributed by atoms with Gasteiger partial charge in [0.2, 0.25) is 11.8 Å². The van der Waals surface area contributed by atoms with Crippen molar-refractivity contribution >= 4 is 41.2 Å². The molecule has 1 aromatic carbocycles. The summed E-state index contributed by atoms with van der Waals surface area (Å²) in [6.07, 6.45) is 5.41. The van der Waals surface area contributed by atoms with Crippen LogP contribution in [0.3, 0.4) is 0 Å². The molecule has 3 aromatic rings. The fraction of sp³-hybridized carbons (Fsp3) is 0.452. The summed E-state index contributed by atoms with van der Waals surface area (Å²) in [7, 11) is 1.62. The number of nitrogens with one attached hydrogen (secondary N) is 2. The zero-order chi connectivity index (χ0) is 31.8. The largest absolute Gasteiger partial charge is 0.481 e. The fourth-order valence-electron chi connectivity index (χ4n) is 5.56. The van der Waals surface area contributed by atoms with Crippen molar-refractivity contribution in [3.63, 3.8) is 0 Å². The van der Waals surface area contributed by atoms with Gasteiger partial charge in [0.15, 0.2) is 5.75 Å². The quantitative estimate of drug-likeness (QED) is 0.273. The number of carboxylic acid groups (broad SMARTS) is 1. The molecule has 14 heteroatoms. The average molecular weight is 658 g/mol. The number of likely N-dealkylation sites (tertiary alicyclic amines) is 1. The van der Waals surface area contributed by atoms with E-state index in [1.807, 2.05) is 24.3 Å². The Morgan fingerprint density at radius 3 is 2.29 bits per heavy atom. The molecule has 2 aliphatic rings. The zero-order valence-corrected chi connectivity index (χ0v) is 26.7. The normalized spacial score (nSPS) is 16.4. The molecule has 2 fully saturated rings. The van der Waals surface area contributed by atoms with Crippen LogP contribution in [0.5, 0.6) is 11.6 Å². The Hall–Kier alpha value is -3.71. The van der Waals surface area contributed by atoms with Gasteiger partial charge in [-0.15, -0.1) is 0 Å². The lowest BCUT2D eigenvalue weighted by atomic mass is 9.96. The highest BCUT2D eigenvalue weighted by Gasteiger charge is 2.22.